The van der Waals surface area contributed by atoms with Gasteiger partial charge in [-0.3, -0.25) is 4.90 Å². The second kappa shape index (κ2) is 7.18. The normalized spacial score (nSPS) is 34.5. The molecule has 33 heavy (non-hydrogen) atoms. The van der Waals surface area contributed by atoms with Crippen molar-refractivity contribution in [2.24, 2.45) is 11.3 Å². The number of rotatable bonds is 4. The standard InChI is InChI=1S/C24H30F3N5O/c1-13-12-33-6-5-31(13)16-8-17-20(23(17,2)9-16)32-11-19(30-22(32)14-3-4-14)15-7-18(24(25,26)27)21(28)29-10-15/h7,10-11,13-14,16-17,20H,3-6,8-9,12H2,1-2H3,(H2,28,29)/t13-,16?,17+,20+,23?/m0/s1. The molecule has 0 spiro atoms. The Morgan fingerprint density at radius 1 is 1.27 bits per heavy atom. The van der Waals surface area contributed by atoms with E-state index in [-0.39, 0.29) is 5.41 Å². The van der Waals surface area contributed by atoms with Crippen LogP contribution in [0.15, 0.2) is 18.5 Å². The van der Waals surface area contributed by atoms with Gasteiger partial charge in [-0.2, -0.15) is 13.2 Å². The average molecular weight is 462 g/mol. The van der Waals surface area contributed by atoms with Gasteiger partial charge in [0.05, 0.1) is 24.5 Å². The second-order valence-corrected chi connectivity index (χ2v) is 10.6. The van der Waals surface area contributed by atoms with Gasteiger partial charge in [0.2, 0.25) is 0 Å². The zero-order chi connectivity index (χ0) is 23.1. The molecule has 1 aliphatic heterocycles. The smallest absolute Gasteiger partial charge is 0.383 e. The third-order valence-electron chi connectivity index (χ3n) is 8.41. The number of hydrogen-bond acceptors (Lipinski definition) is 5. The van der Waals surface area contributed by atoms with Crippen molar-refractivity contribution in [2.75, 3.05) is 25.5 Å². The summed E-state index contributed by atoms with van der Waals surface area (Å²) < 4.78 is 48.0. The average Bonchev–Trinajstić information content (AvgIpc) is 3.60. The quantitative estimate of drug-likeness (QED) is 0.727. The molecule has 2 aromatic heterocycles. The summed E-state index contributed by atoms with van der Waals surface area (Å²) in [6.07, 6.45) is 3.30. The summed E-state index contributed by atoms with van der Waals surface area (Å²) in [5.74, 6) is 1.50. The number of morpholine rings is 1. The molecule has 3 heterocycles. The number of nitrogens with zero attached hydrogens (tertiary/aromatic N) is 4. The molecule has 2 aromatic rings. The third kappa shape index (κ3) is 3.46. The van der Waals surface area contributed by atoms with E-state index in [1.807, 2.05) is 6.20 Å². The molecule has 0 bridgehead atoms. The fraction of sp³-hybridized carbons (Fsp3) is 0.667. The molecule has 1 saturated heterocycles. The summed E-state index contributed by atoms with van der Waals surface area (Å²) in [5.41, 5.74) is 5.73. The molecule has 2 unspecified atom stereocenters. The highest BCUT2D eigenvalue weighted by Gasteiger charge is 2.68. The number of aromatic nitrogens is 3. The zero-order valence-electron chi connectivity index (χ0n) is 19.0. The summed E-state index contributed by atoms with van der Waals surface area (Å²) in [6, 6.07) is 2.48. The predicted molar refractivity (Wildman–Crippen MR) is 117 cm³/mol. The van der Waals surface area contributed by atoms with Gasteiger partial charge in [-0.25, -0.2) is 9.97 Å². The molecular formula is C24H30F3N5O. The molecule has 9 heteroatoms. The number of anilines is 1. The summed E-state index contributed by atoms with van der Waals surface area (Å²) in [5, 5.41) is 0. The molecular weight excluding hydrogens is 431 g/mol. The maximum Gasteiger partial charge on any atom is 0.419 e. The Morgan fingerprint density at radius 2 is 2.06 bits per heavy atom. The minimum Gasteiger partial charge on any atom is -0.383 e. The van der Waals surface area contributed by atoms with E-state index >= 15 is 0 Å². The lowest BCUT2D eigenvalue weighted by Crippen LogP contribution is -2.49. The summed E-state index contributed by atoms with van der Waals surface area (Å²) in [6.45, 7) is 7.21. The van der Waals surface area contributed by atoms with E-state index in [0.717, 1.165) is 57.3 Å². The van der Waals surface area contributed by atoms with Gasteiger partial charge >= 0.3 is 6.18 Å². The number of nitrogen functional groups attached to an aromatic ring is 1. The summed E-state index contributed by atoms with van der Waals surface area (Å²) in [7, 11) is 0. The number of ether oxygens (including phenoxy) is 1. The van der Waals surface area contributed by atoms with Crippen molar-refractivity contribution in [3.8, 4) is 11.3 Å². The minimum absolute atomic E-state index is 0.209. The molecule has 2 N–H and O–H groups in total. The predicted octanol–water partition coefficient (Wildman–Crippen LogP) is 4.48. The second-order valence-electron chi connectivity index (χ2n) is 10.6. The maximum absolute atomic E-state index is 13.4. The Morgan fingerprint density at radius 3 is 2.70 bits per heavy atom. The van der Waals surface area contributed by atoms with Crippen LogP contribution in [0.25, 0.3) is 11.3 Å². The largest absolute Gasteiger partial charge is 0.419 e. The van der Waals surface area contributed by atoms with Gasteiger partial charge < -0.3 is 15.0 Å². The van der Waals surface area contributed by atoms with Crippen LogP contribution in [-0.2, 0) is 10.9 Å². The first-order chi connectivity index (χ1) is 15.7. The number of imidazole rings is 1. The van der Waals surface area contributed by atoms with E-state index in [0.29, 0.717) is 41.2 Å². The molecule has 5 atom stereocenters. The lowest BCUT2D eigenvalue weighted by Gasteiger charge is -2.39. The van der Waals surface area contributed by atoms with Gasteiger partial charge in [0.15, 0.2) is 0 Å². The zero-order valence-corrected chi connectivity index (χ0v) is 19.0. The molecule has 4 fully saturated rings. The van der Waals surface area contributed by atoms with Gasteiger partial charge in [-0.1, -0.05) is 6.92 Å². The molecule has 6 nitrogen and oxygen atoms in total. The van der Waals surface area contributed by atoms with Crippen LogP contribution < -0.4 is 5.73 Å². The molecule has 3 saturated carbocycles. The van der Waals surface area contributed by atoms with Gasteiger partial charge in [-0.15, -0.1) is 0 Å². The van der Waals surface area contributed by atoms with Gasteiger partial charge in [0, 0.05) is 48.5 Å². The van der Waals surface area contributed by atoms with Gasteiger partial charge in [0.25, 0.3) is 0 Å². The topological polar surface area (TPSA) is 69.2 Å². The lowest BCUT2D eigenvalue weighted by molar-refractivity contribution is -0.137. The van der Waals surface area contributed by atoms with Crippen LogP contribution in [-0.4, -0.2) is 51.3 Å². The van der Waals surface area contributed by atoms with E-state index < -0.39 is 17.6 Å². The summed E-state index contributed by atoms with van der Waals surface area (Å²) >= 11 is 0. The molecule has 0 amide bonds. The van der Waals surface area contributed by atoms with E-state index in [9.17, 15) is 13.2 Å². The molecule has 0 radical (unpaired) electrons. The van der Waals surface area contributed by atoms with E-state index in [2.05, 4.69) is 28.3 Å². The van der Waals surface area contributed by atoms with E-state index in [4.69, 9.17) is 15.5 Å². The van der Waals surface area contributed by atoms with Crippen molar-refractivity contribution in [1.29, 1.82) is 0 Å². The van der Waals surface area contributed by atoms with Crippen molar-refractivity contribution >= 4 is 5.82 Å². The highest BCUT2D eigenvalue weighted by Crippen LogP contribution is 2.72. The minimum atomic E-state index is -4.54. The fourth-order valence-electron chi connectivity index (χ4n) is 6.49. The van der Waals surface area contributed by atoms with E-state index in [1.54, 1.807) is 0 Å². The Hall–Kier alpha value is -2.13. The first-order valence-electron chi connectivity index (χ1n) is 11.9. The SMILES string of the molecule is C[C@H]1COCCN1C1C[C@@H]2[C@@H](n3cc(-c4cnc(N)c(C(F)(F)F)c4)nc3C3CC3)C2(C)C1. The van der Waals surface area contributed by atoms with Gasteiger partial charge in [-0.05, 0) is 50.0 Å². The maximum atomic E-state index is 13.4. The van der Waals surface area contributed by atoms with Crippen LogP contribution in [0.5, 0.6) is 0 Å². The number of halogens is 3. The number of nitrogens with two attached hydrogens (primary N) is 1. The van der Waals surface area contributed by atoms with Gasteiger partial charge in [0.1, 0.15) is 11.6 Å². The van der Waals surface area contributed by atoms with Crippen LogP contribution in [0.3, 0.4) is 0 Å². The fourth-order valence-corrected chi connectivity index (χ4v) is 6.49. The molecule has 4 aliphatic rings. The lowest BCUT2D eigenvalue weighted by atomic mass is 10.00. The van der Waals surface area contributed by atoms with Crippen molar-refractivity contribution in [1.82, 2.24) is 19.4 Å². The van der Waals surface area contributed by atoms with Crippen LogP contribution in [0.1, 0.15) is 62.9 Å². The number of pyridine rings is 1. The van der Waals surface area contributed by atoms with Crippen molar-refractivity contribution in [3.63, 3.8) is 0 Å². The van der Waals surface area contributed by atoms with Crippen molar-refractivity contribution in [3.05, 3.63) is 29.8 Å². The van der Waals surface area contributed by atoms with E-state index in [1.165, 1.54) is 6.20 Å². The number of fused-ring (bicyclic) bond motifs is 1. The van der Waals surface area contributed by atoms with Crippen molar-refractivity contribution in [2.45, 2.75) is 69.8 Å². The number of hydrogen-bond donors (Lipinski definition) is 1. The van der Waals surface area contributed by atoms with Crippen LogP contribution >= 0.6 is 0 Å². The van der Waals surface area contributed by atoms with Crippen molar-refractivity contribution < 1.29 is 17.9 Å². The highest BCUT2D eigenvalue weighted by molar-refractivity contribution is 5.62. The molecule has 3 aliphatic carbocycles. The van der Waals surface area contributed by atoms with Crippen LogP contribution in [0.2, 0.25) is 0 Å². The summed E-state index contributed by atoms with van der Waals surface area (Å²) in [4.78, 5) is 11.2. The monoisotopic (exact) mass is 461 g/mol. The molecule has 0 aromatic carbocycles. The third-order valence-corrected chi connectivity index (χ3v) is 8.41. The Kier molecular flexibility index (Phi) is 4.66. The Bertz CT molecular complexity index is 1080. The highest BCUT2D eigenvalue weighted by atomic mass is 19.4. The molecule has 178 valence electrons. The first kappa shape index (κ1) is 21.4. The number of alkyl halides is 3. The first-order valence-corrected chi connectivity index (χ1v) is 11.9. The Labute approximate surface area is 191 Å². The molecule has 6 rings (SSSR count). The van der Waals surface area contributed by atoms with Crippen LogP contribution in [0.4, 0.5) is 19.0 Å². The van der Waals surface area contributed by atoms with Crippen LogP contribution in [0, 0.1) is 11.3 Å². The Balaban J connectivity index is 1.28.